The highest BCUT2D eigenvalue weighted by Crippen LogP contribution is 2.46. The van der Waals surface area contributed by atoms with E-state index in [0.29, 0.717) is 32.5 Å². The summed E-state index contributed by atoms with van der Waals surface area (Å²) in [4.78, 5) is 27.8. The minimum absolute atomic E-state index is 0.0249. The topological polar surface area (TPSA) is 121 Å². The molecule has 2 aromatic heterocycles. The Labute approximate surface area is 289 Å². The Morgan fingerprint density at radius 3 is 2.82 bits per heavy atom. The molecule has 4 aliphatic rings. The first-order chi connectivity index (χ1) is 23.6. The highest BCUT2D eigenvalue weighted by molar-refractivity contribution is 7.23. The third-order valence-electron chi connectivity index (χ3n) is 10.5. The highest BCUT2D eigenvalue weighted by Gasteiger charge is 2.49. The normalized spacial score (nSPS) is 25.2. The molecule has 4 aromatic rings. The number of anilines is 1. The molecule has 0 saturated carbocycles. The Balaban J connectivity index is 1.20. The van der Waals surface area contributed by atoms with E-state index in [1.54, 1.807) is 4.90 Å². The predicted molar refractivity (Wildman–Crippen MR) is 180 cm³/mol. The van der Waals surface area contributed by atoms with Gasteiger partial charge in [0.1, 0.15) is 41.3 Å². The first-order valence-corrected chi connectivity index (χ1v) is 17.6. The van der Waals surface area contributed by atoms with E-state index >= 15 is 4.39 Å². The number of hydrogen-bond donors (Lipinski definition) is 1. The number of ether oxygens (including phenoxy) is 2. The number of carbonyl (C=O) groups is 1. The SMILES string of the molecule is CC1CCN1C(=O)N1CCC(Oc2nc(OC[C@@]34CCCN3C[C@H](F)C4)nc3c(F)c(-c4ccc(F)c5sc(N)c(C#N)c45)c(Cl)cc23)C1. The maximum Gasteiger partial charge on any atom is 0.320 e. The molecule has 49 heavy (non-hydrogen) atoms. The van der Waals surface area contributed by atoms with Crippen molar-refractivity contribution in [3.05, 3.63) is 40.4 Å². The smallest absolute Gasteiger partial charge is 0.320 e. The van der Waals surface area contributed by atoms with Crippen LogP contribution in [0.15, 0.2) is 18.2 Å². The van der Waals surface area contributed by atoms with E-state index in [2.05, 4.69) is 14.9 Å². The molecule has 6 heterocycles. The van der Waals surface area contributed by atoms with E-state index < -0.39 is 29.4 Å². The fourth-order valence-electron chi connectivity index (χ4n) is 7.84. The van der Waals surface area contributed by atoms with Crippen molar-refractivity contribution in [2.24, 2.45) is 0 Å². The second-order valence-electron chi connectivity index (χ2n) is 13.5. The summed E-state index contributed by atoms with van der Waals surface area (Å²) >= 11 is 7.68. The van der Waals surface area contributed by atoms with E-state index in [1.807, 2.05) is 17.9 Å². The molecule has 4 fully saturated rings. The summed E-state index contributed by atoms with van der Waals surface area (Å²) in [6.45, 7) is 4.76. The number of nitrogens with zero attached hydrogens (tertiary/aromatic N) is 6. The van der Waals surface area contributed by atoms with Crippen LogP contribution >= 0.6 is 22.9 Å². The molecule has 4 atom stereocenters. The highest BCUT2D eigenvalue weighted by atomic mass is 35.5. The average Bonchev–Trinajstić information content (AvgIpc) is 3.83. The van der Waals surface area contributed by atoms with Crippen LogP contribution in [0.5, 0.6) is 11.9 Å². The number of fused-ring (bicyclic) bond motifs is 3. The van der Waals surface area contributed by atoms with E-state index in [0.717, 1.165) is 43.7 Å². The van der Waals surface area contributed by atoms with Crippen LogP contribution in [-0.4, -0.2) is 93.9 Å². The number of carbonyl (C=O) groups excluding carboxylic acids is 1. The van der Waals surface area contributed by atoms with Gasteiger partial charge in [-0.1, -0.05) is 17.7 Å². The zero-order valence-electron chi connectivity index (χ0n) is 26.6. The monoisotopic (exact) mass is 711 g/mol. The number of aromatic nitrogens is 2. The third kappa shape index (κ3) is 5.28. The number of hydrogen-bond acceptors (Lipinski definition) is 9. The van der Waals surface area contributed by atoms with Crippen molar-refractivity contribution in [1.29, 1.82) is 5.26 Å². The number of halogens is 4. The van der Waals surface area contributed by atoms with Crippen molar-refractivity contribution in [3.8, 4) is 29.1 Å². The molecular formula is C34H33ClF3N7O3S. The second-order valence-corrected chi connectivity index (χ2v) is 14.9. The quantitative estimate of drug-likeness (QED) is 0.240. The van der Waals surface area contributed by atoms with Crippen molar-refractivity contribution in [2.45, 2.75) is 62.9 Å². The van der Waals surface area contributed by atoms with E-state index in [1.165, 1.54) is 18.2 Å². The number of rotatable bonds is 6. The summed E-state index contributed by atoms with van der Waals surface area (Å²) in [5.74, 6) is -1.42. The standard InChI is InChI=1S/C34H33ClF3N7O3S/c1-17-5-10-45(17)33(46)43-9-6-19(15-43)48-31-21-11-23(35)26(20-3-4-24(37)29-25(20)22(13-39)30(40)49-29)27(38)28(21)41-32(42-31)47-16-34-7-2-8-44(34)14-18(36)12-34/h3-4,11,17-19H,2,5-10,12,14-16,40H2,1H3/t17?,18-,19?,34+/m1/s1. The maximum absolute atomic E-state index is 16.9. The number of nitriles is 1. The summed E-state index contributed by atoms with van der Waals surface area (Å²) in [5, 5.41) is 10.2. The van der Waals surface area contributed by atoms with Crippen LogP contribution in [-0.2, 0) is 0 Å². The number of benzene rings is 2. The molecule has 2 amide bonds. The number of amides is 2. The van der Waals surface area contributed by atoms with Gasteiger partial charge in [0, 0.05) is 49.5 Å². The summed E-state index contributed by atoms with van der Waals surface area (Å²) < 4.78 is 58.9. The van der Waals surface area contributed by atoms with Crippen molar-refractivity contribution < 1.29 is 27.4 Å². The van der Waals surface area contributed by atoms with Crippen LogP contribution in [0.2, 0.25) is 5.02 Å². The second kappa shape index (κ2) is 12.1. The van der Waals surface area contributed by atoms with Crippen LogP contribution in [0.4, 0.5) is 23.0 Å². The van der Waals surface area contributed by atoms with Crippen LogP contribution in [0.1, 0.15) is 44.6 Å². The molecule has 4 saturated heterocycles. The first-order valence-electron chi connectivity index (χ1n) is 16.4. The molecule has 256 valence electrons. The lowest BCUT2D eigenvalue weighted by Gasteiger charge is -2.40. The van der Waals surface area contributed by atoms with Crippen LogP contribution < -0.4 is 15.2 Å². The van der Waals surface area contributed by atoms with Gasteiger partial charge in [-0.05, 0) is 50.4 Å². The molecule has 8 rings (SSSR count). The third-order valence-corrected chi connectivity index (χ3v) is 11.8. The molecule has 10 nitrogen and oxygen atoms in total. The minimum atomic E-state index is -0.966. The molecular weight excluding hydrogens is 679 g/mol. The minimum Gasteiger partial charge on any atom is -0.472 e. The summed E-state index contributed by atoms with van der Waals surface area (Å²) in [7, 11) is 0. The number of nitrogen functional groups attached to an aromatic ring is 1. The lowest BCUT2D eigenvalue weighted by molar-refractivity contribution is 0.0940. The fraction of sp³-hybridized carbons (Fsp3) is 0.471. The van der Waals surface area contributed by atoms with Gasteiger partial charge in [-0.3, -0.25) is 4.90 Å². The summed E-state index contributed by atoms with van der Waals surface area (Å²) in [6.07, 6.45) is 2.09. The predicted octanol–water partition coefficient (Wildman–Crippen LogP) is 6.52. The van der Waals surface area contributed by atoms with E-state index in [9.17, 15) is 18.8 Å². The summed E-state index contributed by atoms with van der Waals surface area (Å²) in [5.41, 5.74) is 5.50. The largest absolute Gasteiger partial charge is 0.472 e. The van der Waals surface area contributed by atoms with E-state index in [-0.39, 0.29) is 78.3 Å². The Kier molecular flexibility index (Phi) is 7.92. The van der Waals surface area contributed by atoms with Crippen molar-refractivity contribution in [2.75, 3.05) is 45.1 Å². The van der Waals surface area contributed by atoms with Gasteiger partial charge < -0.3 is 25.0 Å². The lowest BCUT2D eigenvalue weighted by atomic mass is 9.95. The van der Waals surface area contributed by atoms with Crippen LogP contribution in [0, 0.1) is 23.0 Å². The molecule has 0 spiro atoms. The Hall–Kier alpha value is -4.06. The Bertz CT molecular complexity index is 2060. The van der Waals surface area contributed by atoms with E-state index in [4.69, 9.17) is 26.8 Å². The van der Waals surface area contributed by atoms with Crippen LogP contribution in [0.3, 0.4) is 0 Å². The zero-order chi connectivity index (χ0) is 34.2. The molecule has 4 aliphatic heterocycles. The van der Waals surface area contributed by atoms with Gasteiger partial charge in [0.05, 0.1) is 32.8 Å². The van der Waals surface area contributed by atoms with Crippen molar-refractivity contribution >= 4 is 55.0 Å². The number of urea groups is 1. The molecule has 2 N–H and O–H groups in total. The number of nitrogens with two attached hydrogens (primary N) is 1. The van der Waals surface area contributed by atoms with Crippen LogP contribution in [0.25, 0.3) is 32.1 Å². The molecule has 2 aromatic carbocycles. The van der Waals surface area contributed by atoms with Gasteiger partial charge in [-0.15, -0.1) is 11.3 Å². The summed E-state index contributed by atoms with van der Waals surface area (Å²) in [6, 6.07) is 6.03. The average molecular weight is 712 g/mol. The fourth-order valence-corrected chi connectivity index (χ4v) is 9.09. The Morgan fingerprint density at radius 2 is 2.06 bits per heavy atom. The molecule has 0 bridgehead atoms. The van der Waals surface area contributed by atoms with Gasteiger partial charge >= 0.3 is 12.0 Å². The molecule has 0 radical (unpaired) electrons. The Morgan fingerprint density at radius 1 is 1.22 bits per heavy atom. The zero-order valence-corrected chi connectivity index (χ0v) is 28.2. The lowest BCUT2D eigenvalue weighted by Crippen LogP contribution is -2.54. The maximum atomic E-state index is 16.9. The van der Waals surface area contributed by atoms with Gasteiger partial charge in [0.2, 0.25) is 5.88 Å². The number of alkyl halides is 1. The van der Waals surface area contributed by atoms with Gasteiger partial charge in [0.25, 0.3) is 0 Å². The van der Waals surface area contributed by atoms with Crippen molar-refractivity contribution in [3.63, 3.8) is 0 Å². The molecule has 0 aliphatic carbocycles. The van der Waals surface area contributed by atoms with Crippen molar-refractivity contribution in [1.82, 2.24) is 24.7 Å². The first kappa shape index (κ1) is 32.2. The number of likely N-dealkylation sites (tertiary alicyclic amines) is 2. The van der Waals surface area contributed by atoms with Gasteiger partial charge in [0.15, 0.2) is 5.82 Å². The number of thiophene rings is 1. The van der Waals surface area contributed by atoms with Gasteiger partial charge in [-0.2, -0.15) is 15.2 Å². The molecule has 15 heteroatoms. The van der Waals surface area contributed by atoms with Gasteiger partial charge in [-0.25, -0.2) is 18.0 Å². The molecule has 2 unspecified atom stereocenters.